The molecule has 0 spiro atoms. The highest BCUT2D eigenvalue weighted by molar-refractivity contribution is 5.95. The second-order valence-corrected chi connectivity index (χ2v) is 8.53. The van der Waals surface area contributed by atoms with Crippen LogP contribution in [0, 0.1) is 6.92 Å². The Morgan fingerprint density at radius 2 is 1.68 bits per heavy atom. The molecule has 6 aromatic rings. The maximum Gasteiger partial charge on any atom is 0.161 e. The third-order valence-corrected chi connectivity index (χ3v) is 5.89. The molecular formula is C26H22N8. The maximum atomic E-state index is 4.92. The number of fused-ring (bicyclic) bond motifs is 2. The molecule has 6 rings (SSSR count). The van der Waals surface area contributed by atoms with E-state index in [0.29, 0.717) is 11.5 Å². The van der Waals surface area contributed by atoms with Gasteiger partial charge in [0.2, 0.25) is 0 Å². The molecule has 2 N–H and O–H groups in total. The molecule has 5 aromatic heterocycles. The monoisotopic (exact) mass is 446 g/mol. The van der Waals surface area contributed by atoms with Crippen molar-refractivity contribution in [3.05, 3.63) is 72.8 Å². The lowest BCUT2D eigenvalue weighted by atomic mass is 10.0. The van der Waals surface area contributed by atoms with Crippen LogP contribution in [0.25, 0.3) is 56.0 Å². The molecule has 0 radical (unpaired) electrons. The highest BCUT2D eigenvalue weighted by Gasteiger charge is 2.17. The number of pyridine rings is 3. The lowest BCUT2D eigenvalue weighted by Crippen LogP contribution is -2.08. The van der Waals surface area contributed by atoms with Crippen molar-refractivity contribution in [2.45, 2.75) is 6.92 Å². The number of aryl methyl sites for hydroxylation is 1. The first-order valence-corrected chi connectivity index (χ1v) is 11.0. The zero-order chi connectivity index (χ0) is 23.2. The largest absolute Gasteiger partial charge is 0.376 e. The molecule has 166 valence electrons. The van der Waals surface area contributed by atoms with Gasteiger partial charge in [0.05, 0.1) is 40.3 Å². The molecule has 0 aliphatic heterocycles. The molecule has 0 atom stereocenters. The topological polar surface area (TPSA) is 99.3 Å². The van der Waals surface area contributed by atoms with Crippen LogP contribution in [0.3, 0.4) is 0 Å². The Balaban J connectivity index is 1.48. The number of H-pyrrole nitrogens is 2. The number of aromatic nitrogens is 7. The van der Waals surface area contributed by atoms with Crippen LogP contribution in [0.1, 0.15) is 5.56 Å². The molecular weight excluding hydrogens is 424 g/mol. The first-order valence-electron chi connectivity index (χ1n) is 11.0. The summed E-state index contributed by atoms with van der Waals surface area (Å²) in [5.74, 6) is 0.646. The average Bonchev–Trinajstić information content (AvgIpc) is 3.47. The summed E-state index contributed by atoms with van der Waals surface area (Å²) in [4.78, 5) is 24.0. The SMILES string of the molecule is Cc1cccc(-c2cncc3[nH]c(-c4n[nH]c5ccc(-c6cncc(N(C)C)c6)nc45)nc23)c1. The Kier molecular flexibility index (Phi) is 4.58. The Morgan fingerprint density at radius 1 is 0.794 bits per heavy atom. The predicted octanol–water partition coefficient (Wildman–Crippen LogP) is 5.00. The fraction of sp³-hybridized carbons (Fsp3) is 0.115. The fourth-order valence-electron chi connectivity index (χ4n) is 4.11. The summed E-state index contributed by atoms with van der Waals surface area (Å²) < 4.78 is 0. The summed E-state index contributed by atoms with van der Waals surface area (Å²) in [5, 5.41) is 7.61. The van der Waals surface area contributed by atoms with Crippen molar-refractivity contribution in [2.24, 2.45) is 0 Å². The van der Waals surface area contributed by atoms with Gasteiger partial charge in [0.25, 0.3) is 0 Å². The van der Waals surface area contributed by atoms with Crippen molar-refractivity contribution < 1.29 is 0 Å². The number of aromatic amines is 2. The summed E-state index contributed by atoms with van der Waals surface area (Å²) in [5.41, 5.74) is 9.98. The number of benzene rings is 1. The van der Waals surface area contributed by atoms with Crippen LogP contribution < -0.4 is 4.90 Å². The van der Waals surface area contributed by atoms with Gasteiger partial charge in [-0.3, -0.25) is 15.1 Å². The van der Waals surface area contributed by atoms with Crippen LogP contribution in [0.4, 0.5) is 5.69 Å². The number of nitrogens with one attached hydrogen (secondary N) is 2. The molecule has 5 heterocycles. The van der Waals surface area contributed by atoms with Crippen molar-refractivity contribution in [1.29, 1.82) is 0 Å². The molecule has 0 aliphatic carbocycles. The standard InChI is InChI=1S/C26H22N8/c1-15-5-4-6-16(9-15)19-13-28-14-22-23(19)31-26(30-22)25-24-21(32-33-25)8-7-20(29-24)17-10-18(34(2)3)12-27-11-17/h4-14H,1-3H3,(H,30,31)(H,32,33). The number of imidazole rings is 1. The quantitative estimate of drug-likeness (QED) is 0.395. The lowest BCUT2D eigenvalue weighted by molar-refractivity contribution is 1.10. The smallest absolute Gasteiger partial charge is 0.161 e. The van der Waals surface area contributed by atoms with Crippen LogP contribution in [0.15, 0.2) is 67.3 Å². The van der Waals surface area contributed by atoms with Gasteiger partial charge in [-0.15, -0.1) is 0 Å². The van der Waals surface area contributed by atoms with Crippen molar-refractivity contribution >= 4 is 27.8 Å². The Morgan fingerprint density at radius 3 is 2.53 bits per heavy atom. The molecule has 1 aromatic carbocycles. The molecule has 0 aliphatic rings. The molecule has 0 amide bonds. The van der Waals surface area contributed by atoms with E-state index in [4.69, 9.17) is 9.97 Å². The normalized spacial score (nSPS) is 11.4. The number of rotatable bonds is 4. The molecule has 0 bridgehead atoms. The van der Waals surface area contributed by atoms with E-state index in [1.807, 2.05) is 55.8 Å². The zero-order valence-electron chi connectivity index (χ0n) is 19.0. The van der Waals surface area contributed by atoms with E-state index in [9.17, 15) is 0 Å². The molecule has 8 heteroatoms. The van der Waals surface area contributed by atoms with Crippen LogP contribution >= 0.6 is 0 Å². The van der Waals surface area contributed by atoms with Gasteiger partial charge in [-0.05, 0) is 30.7 Å². The van der Waals surface area contributed by atoms with E-state index in [-0.39, 0.29) is 0 Å². The second-order valence-electron chi connectivity index (χ2n) is 8.53. The van der Waals surface area contributed by atoms with Gasteiger partial charge in [0.15, 0.2) is 11.5 Å². The van der Waals surface area contributed by atoms with Crippen LogP contribution in [-0.4, -0.2) is 49.2 Å². The lowest BCUT2D eigenvalue weighted by Gasteiger charge is -2.12. The minimum absolute atomic E-state index is 0.646. The average molecular weight is 447 g/mol. The van der Waals surface area contributed by atoms with E-state index >= 15 is 0 Å². The number of hydrogen-bond acceptors (Lipinski definition) is 6. The van der Waals surface area contributed by atoms with Crippen LogP contribution in [0.5, 0.6) is 0 Å². The Bertz CT molecular complexity index is 1660. The molecule has 8 nitrogen and oxygen atoms in total. The summed E-state index contributed by atoms with van der Waals surface area (Å²) in [6.07, 6.45) is 7.30. The Hall–Kier alpha value is -4.59. The van der Waals surface area contributed by atoms with Gasteiger partial charge in [-0.2, -0.15) is 5.10 Å². The van der Waals surface area contributed by atoms with Crippen LogP contribution in [0.2, 0.25) is 0 Å². The van der Waals surface area contributed by atoms with Gasteiger partial charge < -0.3 is 9.88 Å². The van der Waals surface area contributed by atoms with E-state index in [1.54, 1.807) is 6.20 Å². The summed E-state index contributed by atoms with van der Waals surface area (Å²) >= 11 is 0. The van der Waals surface area contributed by atoms with E-state index in [1.165, 1.54) is 5.56 Å². The van der Waals surface area contributed by atoms with Gasteiger partial charge >= 0.3 is 0 Å². The van der Waals surface area contributed by atoms with Gasteiger partial charge in [-0.25, -0.2) is 9.97 Å². The summed E-state index contributed by atoms with van der Waals surface area (Å²) in [6.45, 7) is 2.08. The van der Waals surface area contributed by atoms with Crippen molar-refractivity contribution in [3.63, 3.8) is 0 Å². The van der Waals surface area contributed by atoms with E-state index in [2.05, 4.69) is 56.3 Å². The fourth-order valence-corrected chi connectivity index (χ4v) is 4.11. The minimum Gasteiger partial charge on any atom is -0.376 e. The Labute approximate surface area is 195 Å². The molecule has 0 fully saturated rings. The number of hydrogen-bond donors (Lipinski definition) is 2. The van der Waals surface area contributed by atoms with Crippen molar-refractivity contribution in [3.8, 4) is 33.9 Å². The van der Waals surface area contributed by atoms with Crippen LogP contribution in [-0.2, 0) is 0 Å². The molecule has 34 heavy (non-hydrogen) atoms. The first-order chi connectivity index (χ1) is 16.6. The third kappa shape index (κ3) is 3.36. The zero-order valence-corrected chi connectivity index (χ0v) is 19.0. The number of nitrogens with zero attached hydrogens (tertiary/aromatic N) is 6. The van der Waals surface area contributed by atoms with Gasteiger partial charge in [0, 0.05) is 37.6 Å². The molecule has 0 saturated carbocycles. The third-order valence-electron chi connectivity index (χ3n) is 5.89. The van der Waals surface area contributed by atoms with E-state index < -0.39 is 0 Å². The highest BCUT2D eigenvalue weighted by Crippen LogP contribution is 2.31. The maximum absolute atomic E-state index is 4.92. The van der Waals surface area contributed by atoms with E-state index in [0.717, 1.165) is 50.1 Å². The first kappa shape index (κ1) is 20.0. The van der Waals surface area contributed by atoms with Crippen molar-refractivity contribution in [2.75, 3.05) is 19.0 Å². The van der Waals surface area contributed by atoms with Gasteiger partial charge in [0.1, 0.15) is 5.52 Å². The predicted molar refractivity (Wildman–Crippen MR) is 135 cm³/mol. The summed E-state index contributed by atoms with van der Waals surface area (Å²) in [6, 6.07) is 14.4. The number of anilines is 1. The molecule has 0 saturated heterocycles. The van der Waals surface area contributed by atoms with Crippen molar-refractivity contribution in [1.82, 2.24) is 35.1 Å². The summed E-state index contributed by atoms with van der Waals surface area (Å²) in [7, 11) is 3.99. The van der Waals surface area contributed by atoms with Gasteiger partial charge in [-0.1, -0.05) is 29.8 Å². The second kappa shape index (κ2) is 7.77. The highest BCUT2D eigenvalue weighted by atomic mass is 15.2. The minimum atomic E-state index is 0.646. The molecule has 0 unspecified atom stereocenters.